The Morgan fingerprint density at radius 2 is 1.72 bits per heavy atom. The zero-order valence-corrected chi connectivity index (χ0v) is 17.2. The minimum atomic E-state index is -0.0546. The Kier molecular flexibility index (Phi) is 4.96. The highest BCUT2D eigenvalue weighted by Gasteiger charge is 2.28. The maximum atomic E-state index is 6.49. The normalized spacial score (nSPS) is 16.0. The van der Waals surface area contributed by atoms with Crippen molar-refractivity contribution in [3.05, 3.63) is 99.2 Å². The summed E-state index contributed by atoms with van der Waals surface area (Å²) in [6.07, 6.45) is 0.941. The average Bonchev–Trinajstić information content (AvgIpc) is 3.12. The maximum Gasteiger partial charge on any atom is 0.120 e. The molecule has 0 amide bonds. The molecular formula is C24H20Cl2N2O. The fourth-order valence-corrected chi connectivity index (χ4v) is 4.69. The lowest BCUT2D eigenvalue weighted by molar-refractivity contribution is 0.306. The Morgan fingerprint density at radius 3 is 2.52 bits per heavy atom. The van der Waals surface area contributed by atoms with Crippen molar-refractivity contribution in [1.82, 2.24) is 10.3 Å². The second-order valence-corrected chi connectivity index (χ2v) is 8.09. The standard InChI is InChI=1S/C24H20Cl2N2O/c25-19-7-4-8-20(26)22(19)24-23-17(11-12-27-24)18-13-16(9-10-21(18)28-23)29-14-15-5-2-1-3-6-15/h1-10,13,24,27-28H,11-12,14H2. The van der Waals surface area contributed by atoms with Crippen molar-refractivity contribution < 1.29 is 4.74 Å². The van der Waals surface area contributed by atoms with Crippen molar-refractivity contribution in [2.75, 3.05) is 6.54 Å². The van der Waals surface area contributed by atoms with Gasteiger partial charge in [0.05, 0.1) is 6.04 Å². The molecular weight excluding hydrogens is 403 g/mol. The monoisotopic (exact) mass is 422 g/mol. The molecule has 29 heavy (non-hydrogen) atoms. The number of benzene rings is 3. The van der Waals surface area contributed by atoms with Gasteiger partial charge in [0, 0.05) is 38.8 Å². The summed E-state index contributed by atoms with van der Waals surface area (Å²) in [6, 6.07) is 22.0. The molecule has 3 aromatic carbocycles. The molecule has 0 saturated heterocycles. The zero-order chi connectivity index (χ0) is 19.8. The van der Waals surface area contributed by atoms with Crippen molar-refractivity contribution in [3.8, 4) is 5.75 Å². The van der Waals surface area contributed by atoms with Gasteiger partial charge in [-0.25, -0.2) is 0 Å². The Hall–Kier alpha value is -2.46. The molecule has 2 heterocycles. The van der Waals surface area contributed by atoms with Gasteiger partial charge < -0.3 is 15.0 Å². The molecule has 0 fully saturated rings. The first-order chi connectivity index (χ1) is 14.2. The van der Waals surface area contributed by atoms with E-state index in [1.54, 1.807) is 0 Å². The van der Waals surface area contributed by atoms with Crippen LogP contribution in [0, 0.1) is 0 Å². The van der Waals surface area contributed by atoms with Gasteiger partial charge in [-0.2, -0.15) is 0 Å². The van der Waals surface area contributed by atoms with Crippen LogP contribution in [0.2, 0.25) is 10.0 Å². The van der Waals surface area contributed by atoms with Crippen molar-refractivity contribution in [2.24, 2.45) is 0 Å². The van der Waals surface area contributed by atoms with Crippen molar-refractivity contribution in [2.45, 2.75) is 19.1 Å². The highest BCUT2D eigenvalue weighted by atomic mass is 35.5. The fraction of sp³-hybridized carbons (Fsp3) is 0.167. The number of ether oxygens (including phenoxy) is 1. The van der Waals surface area contributed by atoms with Crippen LogP contribution in [0.3, 0.4) is 0 Å². The molecule has 146 valence electrons. The lowest BCUT2D eigenvalue weighted by Crippen LogP contribution is -2.30. The van der Waals surface area contributed by atoms with Crippen molar-refractivity contribution in [1.29, 1.82) is 0 Å². The number of hydrogen-bond donors (Lipinski definition) is 2. The van der Waals surface area contributed by atoms with E-state index < -0.39 is 0 Å². The number of rotatable bonds is 4. The molecule has 1 aromatic heterocycles. The number of hydrogen-bond acceptors (Lipinski definition) is 2. The van der Waals surface area contributed by atoms with Crippen LogP contribution in [0.15, 0.2) is 66.7 Å². The highest BCUT2D eigenvalue weighted by molar-refractivity contribution is 6.36. The van der Waals surface area contributed by atoms with E-state index in [2.05, 4.69) is 34.6 Å². The van der Waals surface area contributed by atoms with E-state index in [0.717, 1.165) is 41.1 Å². The molecule has 0 bridgehead atoms. The van der Waals surface area contributed by atoms with Gasteiger partial charge in [-0.1, -0.05) is 59.6 Å². The van der Waals surface area contributed by atoms with Gasteiger partial charge in [-0.15, -0.1) is 0 Å². The maximum absolute atomic E-state index is 6.49. The molecule has 5 rings (SSSR count). The molecule has 2 N–H and O–H groups in total. The highest BCUT2D eigenvalue weighted by Crippen LogP contribution is 2.39. The second-order valence-electron chi connectivity index (χ2n) is 7.27. The summed E-state index contributed by atoms with van der Waals surface area (Å²) >= 11 is 13.0. The lowest BCUT2D eigenvalue weighted by Gasteiger charge is -2.26. The Morgan fingerprint density at radius 1 is 0.931 bits per heavy atom. The summed E-state index contributed by atoms with van der Waals surface area (Å²) in [6.45, 7) is 1.42. The molecule has 1 atom stereocenters. The molecule has 1 unspecified atom stereocenters. The van der Waals surface area contributed by atoms with Crippen molar-refractivity contribution >= 4 is 34.1 Å². The van der Waals surface area contributed by atoms with Gasteiger partial charge in [-0.05, 0) is 47.9 Å². The quantitative estimate of drug-likeness (QED) is 0.405. The number of H-pyrrole nitrogens is 1. The number of nitrogens with one attached hydrogen (secondary N) is 2. The topological polar surface area (TPSA) is 37.0 Å². The van der Waals surface area contributed by atoms with E-state index in [-0.39, 0.29) is 6.04 Å². The van der Waals surface area contributed by atoms with Gasteiger partial charge in [0.15, 0.2) is 0 Å². The van der Waals surface area contributed by atoms with Gasteiger partial charge in [0.25, 0.3) is 0 Å². The molecule has 4 aromatic rings. The van der Waals surface area contributed by atoms with E-state index in [9.17, 15) is 0 Å². The van der Waals surface area contributed by atoms with Crippen LogP contribution < -0.4 is 10.1 Å². The van der Waals surface area contributed by atoms with E-state index in [4.69, 9.17) is 27.9 Å². The Bertz CT molecular complexity index is 1150. The van der Waals surface area contributed by atoms with Crippen LogP contribution in [-0.2, 0) is 13.0 Å². The van der Waals surface area contributed by atoms with Gasteiger partial charge >= 0.3 is 0 Å². The third kappa shape index (κ3) is 3.51. The first-order valence-electron chi connectivity index (χ1n) is 9.69. The second kappa shape index (κ2) is 7.75. The van der Waals surface area contributed by atoms with E-state index in [1.807, 2.05) is 42.5 Å². The summed E-state index contributed by atoms with van der Waals surface area (Å²) in [5.41, 5.74) is 5.59. The van der Waals surface area contributed by atoms with Crippen LogP contribution in [0.4, 0.5) is 0 Å². The van der Waals surface area contributed by atoms with Crippen LogP contribution >= 0.6 is 23.2 Å². The van der Waals surface area contributed by atoms with E-state index >= 15 is 0 Å². The third-order valence-electron chi connectivity index (χ3n) is 5.46. The molecule has 0 spiro atoms. The molecule has 0 saturated carbocycles. The van der Waals surface area contributed by atoms with Gasteiger partial charge in [0.1, 0.15) is 12.4 Å². The average molecular weight is 423 g/mol. The molecule has 0 aliphatic carbocycles. The molecule has 0 radical (unpaired) electrons. The first kappa shape index (κ1) is 18.6. The van der Waals surface area contributed by atoms with E-state index in [1.165, 1.54) is 10.9 Å². The summed E-state index contributed by atoms with van der Waals surface area (Å²) in [4.78, 5) is 3.58. The van der Waals surface area contributed by atoms with Gasteiger partial charge in [0.2, 0.25) is 0 Å². The zero-order valence-electron chi connectivity index (χ0n) is 15.7. The summed E-state index contributed by atoms with van der Waals surface area (Å²) < 4.78 is 6.04. The predicted molar refractivity (Wildman–Crippen MR) is 119 cm³/mol. The van der Waals surface area contributed by atoms with Crippen LogP contribution in [0.1, 0.15) is 28.4 Å². The van der Waals surface area contributed by atoms with Crippen LogP contribution in [-0.4, -0.2) is 11.5 Å². The first-order valence-corrected chi connectivity index (χ1v) is 10.4. The number of aromatic amines is 1. The molecule has 5 heteroatoms. The summed E-state index contributed by atoms with van der Waals surface area (Å²) in [5, 5.41) is 6.11. The number of halogens is 2. The predicted octanol–water partition coefficient (Wildman–Crippen LogP) is 6.29. The van der Waals surface area contributed by atoms with Gasteiger partial charge in [-0.3, -0.25) is 0 Å². The van der Waals surface area contributed by atoms with E-state index in [0.29, 0.717) is 16.7 Å². The minimum absolute atomic E-state index is 0.0546. The number of aromatic nitrogens is 1. The molecule has 1 aliphatic heterocycles. The van der Waals surface area contributed by atoms with Crippen molar-refractivity contribution in [3.63, 3.8) is 0 Å². The summed E-state index contributed by atoms with van der Waals surface area (Å²) in [7, 11) is 0. The fourth-order valence-electron chi connectivity index (χ4n) is 4.07. The Labute approximate surface area is 179 Å². The third-order valence-corrected chi connectivity index (χ3v) is 6.12. The smallest absolute Gasteiger partial charge is 0.120 e. The minimum Gasteiger partial charge on any atom is -0.489 e. The molecule has 1 aliphatic rings. The van der Waals surface area contributed by atoms with Crippen LogP contribution in [0.5, 0.6) is 5.75 Å². The number of fused-ring (bicyclic) bond motifs is 3. The lowest BCUT2D eigenvalue weighted by atomic mass is 9.94. The SMILES string of the molecule is Clc1cccc(Cl)c1C1NCCc2c1[nH]c1ccc(OCc3ccccc3)cc21. The summed E-state index contributed by atoms with van der Waals surface area (Å²) in [5.74, 6) is 0.869. The Balaban J connectivity index is 1.51. The largest absolute Gasteiger partial charge is 0.489 e. The molecule has 3 nitrogen and oxygen atoms in total. The van der Waals surface area contributed by atoms with Crippen LogP contribution in [0.25, 0.3) is 10.9 Å².